The molecule has 2 aliphatic rings. The summed E-state index contributed by atoms with van der Waals surface area (Å²) in [6.45, 7) is 5.90. The number of rotatable bonds is 4. The Labute approximate surface area is 165 Å². The van der Waals surface area contributed by atoms with E-state index in [0.717, 1.165) is 55.3 Å². The minimum absolute atomic E-state index is 0.214. The number of fused-ring (bicyclic) bond motifs is 1. The minimum atomic E-state index is 0.214. The lowest BCUT2D eigenvalue weighted by Crippen LogP contribution is -2.48. The van der Waals surface area contributed by atoms with E-state index in [1.165, 1.54) is 29.7 Å². The van der Waals surface area contributed by atoms with Crippen LogP contribution in [0, 0.1) is 0 Å². The van der Waals surface area contributed by atoms with Gasteiger partial charge in [0.1, 0.15) is 5.75 Å². The van der Waals surface area contributed by atoms with Gasteiger partial charge in [-0.3, -0.25) is 4.79 Å². The smallest absolute Gasteiger partial charge is 0.264 e. The van der Waals surface area contributed by atoms with Gasteiger partial charge in [-0.05, 0) is 56.4 Å². The molecule has 0 spiro atoms. The quantitative estimate of drug-likeness (QED) is 0.734. The summed E-state index contributed by atoms with van der Waals surface area (Å²) in [5.41, 5.74) is 2.56. The number of hydrogen-bond donors (Lipinski definition) is 0. The number of aryl methyl sites for hydroxylation is 2. The molecule has 4 nitrogen and oxygen atoms in total. The molecular weight excluding hydrogens is 356 g/mol. The largest absolute Gasteiger partial charge is 0.492 e. The van der Waals surface area contributed by atoms with Crippen molar-refractivity contribution in [1.82, 2.24) is 4.90 Å². The Morgan fingerprint density at radius 3 is 2.67 bits per heavy atom. The molecular formula is C22H28N2O2S. The predicted octanol–water partition coefficient (Wildman–Crippen LogP) is 4.38. The first kappa shape index (κ1) is 18.4. The van der Waals surface area contributed by atoms with Crippen molar-refractivity contribution in [1.29, 1.82) is 0 Å². The average molecular weight is 385 g/mol. The lowest BCUT2D eigenvalue weighted by Gasteiger charge is -2.36. The van der Waals surface area contributed by atoms with Crippen molar-refractivity contribution < 1.29 is 9.53 Å². The first-order valence-electron chi connectivity index (χ1n) is 10.1. The molecule has 0 saturated carbocycles. The molecule has 4 rings (SSSR count). The maximum atomic E-state index is 13.0. The van der Waals surface area contributed by atoms with E-state index in [1.807, 2.05) is 30.0 Å². The zero-order chi connectivity index (χ0) is 18.6. The molecule has 2 heterocycles. The summed E-state index contributed by atoms with van der Waals surface area (Å²) >= 11 is 1.73. The zero-order valence-electron chi connectivity index (χ0n) is 16.1. The number of anilines is 1. The van der Waals surface area contributed by atoms with Crippen LogP contribution in [-0.2, 0) is 12.8 Å². The molecule has 144 valence electrons. The van der Waals surface area contributed by atoms with Crippen LogP contribution in [0.25, 0.3) is 0 Å². The Kier molecular flexibility index (Phi) is 5.67. The van der Waals surface area contributed by atoms with Crippen molar-refractivity contribution in [3.63, 3.8) is 0 Å². The van der Waals surface area contributed by atoms with E-state index in [4.69, 9.17) is 4.74 Å². The first-order chi connectivity index (χ1) is 13.3. The highest BCUT2D eigenvalue weighted by atomic mass is 32.1. The number of benzene rings is 1. The van der Waals surface area contributed by atoms with Gasteiger partial charge in [0.2, 0.25) is 0 Å². The molecule has 27 heavy (non-hydrogen) atoms. The number of carbonyl (C=O) groups is 1. The second-order valence-electron chi connectivity index (χ2n) is 7.30. The van der Waals surface area contributed by atoms with Crippen molar-refractivity contribution in [3.05, 3.63) is 45.6 Å². The number of amides is 1. The molecule has 0 unspecified atom stereocenters. The number of piperazine rings is 1. The van der Waals surface area contributed by atoms with Gasteiger partial charge in [0.05, 0.1) is 17.2 Å². The van der Waals surface area contributed by atoms with Gasteiger partial charge >= 0.3 is 0 Å². The molecule has 2 aromatic rings. The molecule has 1 fully saturated rings. The van der Waals surface area contributed by atoms with Crippen molar-refractivity contribution in [2.75, 3.05) is 37.7 Å². The third-order valence-electron chi connectivity index (χ3n) is 5.53. The number of carbonyl (C=O) groups excluding carboxylic acids is 1. The van der Waals surface area contributed by atoms with Gasteiger partial charge in [0.25, 0.3) is 5.91 Å². The van der Waals surface area contributed by atoms with Crippen molar-refractivity contribution in [2.24, 2.45) is 0 Å². The molecule has 1 amide bonds. The number of para-hydroxylation sites is 2. The van der Waals surface area contributed by atoms with Crippen LogP contribution in [0.1, 0.15) is 46.3 Å². The third kappa shape index (κ3) is 3.98. The summed E-state index contributed by atoms with van der Waals surface area (Å²) < 4.78 is 5.77. The standard InChI is InChI=1S/C22H28N2O2S/c1-2-26-19-10-7-6-9-18(19)23-12-14-24(15-13-23)22(25)21-16-17-8-4-3-5-11-20(17)27-21/h6-7,9-10,16H,2-5,8,11-15H2,1H3. The van der Waals surface area contributed by atoms with Crippen molar-refractivity contribution in [3.8, 4) is 5.75 Å². The van der Waals surface area contributed by atoms with Crippen LogP contribution in [0.4, 0.5) is 5.69 Å². The minimum Gasteiger partial charge on any atom is -0.492 e. The molecule has 0 bridgehead atoms. The van der Waals surface area contributed by atoms with E-state index in [-0.39, 0.29) is 5.91 Å². The summed E-state index contributed by atoms with van der Waals surface area (Å²) in [4.78, 5) is 19.7. The monoisotopic (exact) mass is 384 g/mol. The number of nitrogens with zero attached hydrogens (tertiary/aromatic N) is 2. The molecule has 1 aromatic heterocycles. The predicted molar refractivity (Wildman–Crippen MR) is 111 cm³/mol. The van der Waals surface area contributed by atoms with Gasteiger partial charge in [0.15, 0.2) is 0 Å². The normalized spacial score (nSPS) is 17.4. The van der Waals surface area contributed by atoms with Crippen LogP contribution in [0.2, 0.25) is 0 Å². The molecule has 1 aromatic carbocycles. The molecule has 0 radical (unpaired) electrons. The first-order valence-corrected chi connectivity index (χ1v) is 11.0. The fourth-order valence-electron chi connectivity index (χ4n) is 4.08. The van der Waals surface area contributed by atoms with Gasteiger partial charge in [-0.15, -0.1) is 11.3 Å². The molecule has 1 aliphatic carbocycles. The van der Waals surface area contributed by atoms with E-state index in [1.54, 1.807) is 11.3 Å². The highest BCUT2D eigenvalue weighted by molar-refractivity contribution is 7.14. The zero-order valence-corrected chi connectivity index (χ0v) is 16.9. The molecule has 5 heteroatoms. The summed E-state index contributed by atoms with van der Waals surface area (Å²) in [7, 11) is 0. The Hall–Kier alpha value is -2.01. The summed E-state index contributed by atoms with van der Waals surface area (Å²) in [6.07, 6.45) is 6.13. The number of thiophene rings is 1. The van der Waals surface area contributed by atoms with Crippen LogP contribution in [-0.4, -0.2) is 43.6 Å². The second kappa shape index (κ2) is 8.34. The highest BCUT2D eigenvalue weighted by Gasteiger charge is 2.26. The lowest BCUT2D eigenvalue weighted by molar-refractivity contribution is 0.0751. The molecule has 1 saturated heterocycles. The lowest BCUT2D eigenvalue weighted by atomic mass is 10.1. The summed E-state index contributed by atoms with van der Waals surface area (Å²) in [5.74, 6) is 1.15. The van der Waals surface area contributed by atoms with E-state index in [0.29, 0.717) is 6.61 Å². The van der Waals surface area contributed by atoms with Crippen molar-refractivity contribution >= 4 is 22.9 Å². The van der Waals surface area contributed by atoms with Crippen LogP contribution < -0.4 is 9.64 Å². The van der Waals surface area contributed by atoms with Gasteiger partial charge in [-0.25, -0.2) is 0 Å². The fourth-order valence-corrected chi connectivity index (χ4v) is 5.30. The van der Waals surface area contributed by atoms with E-state index in [2.05, 4.69) is 17.0 Å². The Morgan fingerprint density at radius 2 is 1.85 bits per heavy atom. The van der Waals surface area contributed by atoms with Crippen LogP contribution in [0.15, 0.2) is 30.3 Å². The van der Waals surface area contributed by atoms with Crippen LogP contribution in [0.5, 0.6) is 5.75 Å². The SMILES string of the molecule is CCOc1ccccc1N1CCN(C(=O)c2cc3c(s2)CCCCC3)CC1. The molecule has 0 N–H and O–H groups in total. The third-order valence-corrected chi connectivity index (χ3v) is 6.76. The Bertz CT molecular complexity index is 770. The Morgan fingerprint density at radius 1 is 1.07 bits per heavy atom. The van der Waals surface area contributed by atoms with E-state index >= 15 is 0 Å². The fraction of sp³-hybridized carbons (Fsp3) is 0.500. The molecule has 0 atom stereocenters. The van der Waals surface area contributed by atoms with Gasteiger partial charge in [-0.1, -0.05) is 18.6 Å². The van der Waals surface area contributed by atoms with E-state index in [9.17, 15) is 4.79 Å². The highest BCUT2D eigenvalue weighted by Crippen LogP contribution is 2.31. The van der Waals surface area contributed by atoms with Gasteiger partial charge in [-0.2, -0.15) is 0 Å². The summed E-state index contributed by atoms with van der Waals surface area (Å²) in [5, 5.41) is 0. The summed E-state index contributed by atoms with van der Waals surface area (Å²) in [6, 6.07) is 10.4. The van der Waals surface area contributed by atoms with Gasteiger partial charge in [0, 0.05) is 31.1 Å². The maximum Gasteiger partial charge on any atom is 0.264 e. The maximum absolute atomic E-state index is 13.0. The molecule has 1 aliphatic heterocycles. The number of ether oxygens (including phenoxy) is 1. The topological polar surface area (TPSA) is 32.8 Å². The average Bonchev–Trinajstić information content (AvgIpc) is 2.99. The second-order valence-corrected chi connectivity index (χ2v) is 8.44. The Balaban J connectivity index is 1.41. The van der Waals surface area contributed by atoms with Crippen LogP contribution in [0.3, 0.4) is 0 Å². The van der Waals surface area contributed by atoms with Crippen molar-refractivity contribution in [2.45, 2.75) is 39.0 Å². The van der Waals surface area contributed by atoms with Gasteiger partial charge < -0.3 is 14.5 Å². The van der Waals surface area contributed by atoms with E-state index < -0.39 is 0 Å². The number of hydrogen-bond acceptors (Lipinski definition) is 4. The van der Waals surface area contributed by atoms with Crippen LogP contribution >= 0.6 is 11.3 Å².